The zero-order valence-corrected chi connectivity index (χ0v) is 18.7. The predicted molar refractivity (Wildman–Crippen MR) is 120 cm³/mol. The van der Waals surface area contributed by atoms with Gasteiger partial charge in [-0.3, -0.25) is 9.98 Å². The highest BCUT2D eigenvalue weighted by atomic mass is 32.1. The molecular weight excluding hydrogens is 414 g/mol. The Morgan fingerprint density at radius 1 is 1.16 bits per heavy atom. The summed E-state index contributed by atoms with van der Waals surface area (Å²) in [4.78, 5) is 22.6. The van der Waals surface area contributed by atoms with E-state index in [2.05, 4.69) is 53.4 Å². The van der Waals surface area contributed by atoms with Gasteiger partial charge in [0, 0.05) is 69.8 Å². The second-order valence-corrected chi connectivity index (χ2v) is 7.77. The molecule has 31 heavy (non-hydrogen) atoms. The van der Waals surface area contributed by atoms with Crippen molar-refractivity contribution in [1.29, 1.82) is 0 Å². The molecule has 1 saturated heterocycles. The number of aliphatic imine (C=N–C) groups is 1. The number of nitrogens with one attached hydrogen (secondary N) is 1. The first-order valence-corrected chi connectivity index (χ1v) is 11.4. The van der Waals surface area contributed by atoms with Gasteiger partial charge < -0.3 is 19.6 Å². The molecule has 3 aromatic heterocycles. The van der Waals surface area contributed by atoms with E-state index in [9.17, 15) is 0 Å². The SMILES string of the molecule is CCNC(=NCCc1noc(-c2ccccn2)n1)N1CCN(c2nc(CC)ns2)CC1. The van der Waals surface area contributed by atoms with Crippen molar-refractivity contribution in [2.75, 3.05) is 44.2 Å². The second kappa shape index (κ2) is 10.3. The predicted octanol–water partition coefficient (Wildman–Crippen LogP) is 1.88. The Morgan fingerprint density at radius 2 is 2.03 bits per heavy atom. The highest BCUT2D eigenvalue weighted by molar-refractivity contribution is 7.09. The van der Waals surface area contributed by atoms with E-state index < -0.39 is 0 Å². The molecule has 0 aromatic carbocycles. The average molecular weight is 442 g/mol. The van der Waals surface area contributed by atoms with Crippen molar-refractivity contribution in [2.24, 2.45) is 4.99 Å². The van der Waals surface area contributed by atoms with Crippen LogP contribution in [0.2, 0.25) is 0 Å². The van der Waals surface area contributed by atoms with E-state index in [1.165, 1.54) is 11.5 Å². The topological polar surface area (TPSA) is 108 Å². The van der Waals surface area contributed by atoms with Crippen LogP contribution >= 0.6 is 11.5 Å². The fourth-order valence-electron chi connectivity index (χ4n) is 3.26. The van der Waals surface area contributed by atoms with Crippen molar-refractivity contribution in [1.82, 2.24) is 34.7 Å². The Hall–Kier alpha value is -3.08. The summed E-state index contributed by atoms with van der Waals surface area (Å²) in [7, 11) is 0. The number of aryl methyl sites for hydroxylation is 1. The third kappa shape index (κ3) is 5.35. The lowest BCUT2D eigenvalue weighted by Crippen LogP contribution is -2.52. The van der Waals surface area contributed by atoms with Crippen LogP contribution in [0.4, 0.5) is 5.13 Å². The Bertz CT molecular complexity index is 979. The molecule has 11 heteroatoms. The van der Waals surface area contributed by atoms with Crippen LogP contribution in [0.25, 0.3) is 11.6 Å². The van der Waals surface area contributed by atoms with E-state index in [4.69, 9.17) is 9.52 Å². The molecule has 1 aliphatic heterocycles. The normalized spacial score (nSPS) is 14.8. The highest BCUT2D eigenvalue weighted by Gasteiger charge is 2.22. The van der Waals surface area contributed by atoms with Crippen molar-refractivity contribution in [2.45, 2.75) is 26.7 Å². The maximum atomic E-state index is 5.32. The van der Waals surface area contributed by atoms with Crippen molar-refractivity contribution in [3.05, 3.63) is 36.0 Å². The number of nitrogens with zero attached hydrogens (tertiary/aromatic N) is 8. The summed E-state index contributed by atoms with van der Waals surface area (Å²) in [6.45, 7) is 9.15. The van der Waals surface area contributed by atoms with Gasteiger partial charge in [-0.2, -0.15) is 9.36 Å². The van der Waals surface area contributed by atoms with Crippen LogP contribution in [0.1, 0.15) is 25.5 Å². The van der Waals surface area contributed by atoms with Gasteiger partial charge in [-0.15, -0.1) is 0 Å². The molecule has 0 unspecified atom stereocenters. The van der Waals surface area contributed by atoms with Gasteiger partial charge in [0.1, 0.15) is 11.5 Å². The van der Waals surface area contributed by atoms with E-state index in [-0.39, 0.29) is 0 Å². The van der Waals surface area contributed by atoms with Crippen molar-refractivity contribution >= 4 is 22.6 Å². The smallest absolute Gasteiger partial charge is 0.276 e. The Labute approximate surface area is 185 Å². The first kappa shape index (κ1) is 21.2. The standard InChI is InChI=1S/C20H27N9OS/c1-3-16-25-20(31-27-16)29-13-11-28(12-14-29)19(21-4-2)23-10-8-17-24-18(30-26-17)15-7-5-6-9-22-15/h5-7,9H,3-4,8,10-14H2,1-2H3,(H,21,23). The maximum absolute atomic E-state index is 5.32. The van der Waals surface area contributed by atoms with Crippen molar-refractivity contribution in [3.63, 3.8) is 0 Å². The molecule has 1 fully saturated rings. The highest BCUT2D eigenvalue weighted by Crippen LogP contribution is 2.19. The molecule has 1 N–H and O–H groups in total. The second-order valence-electron chi connectivity index (χ2n) is 7.04. The Morgan fingerprint density at radius 3 is 2.74 bits per heavy atom. The van der Waals surface area contributed by atoms with Crippen LogP contribution in [0.3, 0.4) is 0 Å². The fraction of sp³-hybridized carbons (Fsp3) is 0.500. The van der Waals surface area contributed by atoms with Gasteiger partial charge in [0.25, 0.3) is 5.89 Å². The first-order chi connectivity index (χ1) is 15.3. The molecule has 4 heterocycles. The molecule has 4 rings (SSSR count). The van der Waals surface area contributed by atoms with Gasteiger partial charge in [0.2, 0.25) is 5.13 Å². The minimum absolute atomic E-state index is 0.436. The van der Waals surface area contributed by atoms with Gasteiger partial charge in [0.15, 0.2) is 11.8 Å². The molecule has 0 bridgehead atoms. The molecule has 1 aliphatic rings. The Kier molecular flexibility index (Phi) is 7.03. The van der Waals surface area contributed by atoms with Crippen LogP contribution in [0, 0.1) is 0 Å². The summed E-state index contributed by atoms with van der Waals surface area (Å²) >= 11 is 1.49. The number of piperazine rings is 1. The summed E-state index contributed by atoms with van der Waals surface area (Å²) in [6, 6.07) is 5.60. The molecular formula is C20H27N9OS. The number of pyridine rings is 1. The van der Waals surface area contributed by atoms with Crippen LogP contribution in [-0.4, -0.2) is 74.6 Å². The maximum Gasteiger partial charge on any atom is 0.276 e. The quantitative estimate of drug-likeness (QED) is 0.434. The summed E-state index contributed by atoms with van der Waals surface area (Å²) in [5.41, 5.74) is 0.678. The molecule has 3 aromatic rings. The Balaban J connectivity index is 1.32. The lowest BCUT2D eigenvalue weighted by Gasteiger charge is -2.36. The van der Waals surface area contributed by atoms with Gasteiger partial charge in [0.05, 0.1) is 0 Å². The van der Waals surface area contributed by atoms with Gasteiger partial charge >= 0.3 is 0 Å². The van der Waals surface area contributed by atoms with Crippen LogP contribution in [0.5, 0.6) is 0 Å². The zero-order chi connectivity index (χ0) is 21.5. The van der Waals surface area contributed by atoms with Gasteiger partial charge in [-0.05, 0) is 19.1 Å². The number of hydrogen-bond donors (Lipinski definition) is 1. The van der Waals surface area contributed by atoms with Crippen molar-refractivity contribution < 1.29 is 4.52 Å². The third-order valence-electron chi connectivity index (χ3n) is 4.91. The van der Waals surface area contributed by atoms with Crippen LogP contribution < -0.4 is 10.2 Å². The van der Waals surface area contributed by atoms with Gasteiger partial charge in [-0.25, -0.2) is 4.98 Å². The van der Waals surface area contributed by atoms with Gasteiger partial charge in [-0.1, -0.05) is 18.1 Å². The number of anilines is 1. The van der Waals surface area contributed by atoms with E-state index in [0.29, 0.717) is 30.4 Å². The van der Waals surface area contributed by atoms with E-state index in [1.54, 1.807) is 6.20 Å². The monoisotopic (exact) mass is 441 g/mol. The van der Waals surface area contributed by atoms with E-state index in [1.807, 2.05) is 18.2 Å². The molecule has 0 amide bonds. The number of guanidine groups is 1. The molecule has 10 nitrogen and oxygen atoms in total. The van der Waals surface area contributed by atoms with E-state index in [0.717, 1.165) is 56.1 Å². The molecule has 0 radical (unpaired) electrons. The molecule has 0 aliphatic carbocycles. The summed E-state index contributed by atoms with van der Waals surface area (Å²) in [6.07, 6.45) is 3.19. The van der Waals surface area contributed by atoms with Crippen molar-refractivity contribution in [3.8, 4) is 11.6 Å². The molecule has 0 saturated carbocycles. The lowest BCUT2D eigenvalue weighted by molar-refractivity contribution is 0.372. The zero-order valence-electron chi connectivity index (χ0n) is 17.9. The van der Waals surface area contributed by atoms with Crippen LogP contribution in [-0.2, 0) is 12.8 Å². The minimum atomic E-state index is 0.436. The largest absolute Gasteiger partial charge is 0.357 e. The number of rotatable bonds is 7. The van der Waals surface area contributed by atoms with E-state index >= 15 is 0 Å². The van der Waals surface area contributed by atoms with Crippen LogP contribution in [0.15, 0.2) is 33.9 Å². The summed E-state index contributed by atoms with van der Waals surface area (Å²) < 4.78 is 9.72. The third-order valence-corrected chi connectivity index (χ3v) is 5.72. The average Bonchev–Trinajstić information content (AvgIpc) is 3.49. The summed E-state index contributed by atoms with van der Waals surface area (Å²) in [5.74, 6) is 2.91. The number of aromatic nitrogens is 5. The molecule has 0 spiro atoms. The molecule has 164 valence electrons. The minimum Gasteiger partial charge on any atom is -0.357 e. The summed E-state index contributed by atoms with van der Waals surface area (Å²) in [5, 5.41) is 8.46. The fourth-order valence-corrected chi connectivity index (χ4v) is 4.06. The molecule has 0 atom stereocenters. The first-order valence-electron chi connectivity index (χ1n) is 10.6. The number of hydrogen-bond acceptors (Lipinski definition) is 9. The lowest BCUT2D eigenvalue weighted by atomic mass is 10.3.